The van der Waals surface area contributed by atoms with Crippen LogP contribution in [0, 0.1) is 24.7 Å². The number of alkyl halides is 5. The van der Waals surface area contributed by atoms with Gasteiger partial charge in [-0.15, -0.1) is 0 Å². The van der Waals surface area contributed by atoms with Crippen molar-refractivity contribution in [2.24, 2.45) is 22.7 Å². The standard InChI is InChI=1S/C28H28F5N3O4/c1-15-6-5-9-19-21(15)35-25(38)23(34-22(19)17-7-3-2-4-8-17)36-24(37)18(10-11-28(31,32)33)20(26(39)40)12-16-13-27(29,30)14-16/h2-9,16,18,20,23H,10-14H2,1H3,(H,35,38)(H,36,37)(H,39,40). The van der Waals surface area contributed by atoms with Gasteiger partial charge in [0.25, 0.3) is 5.91 Å². The van der Waals surface area contributed by atoms with E-state index in [1.807, 2.05) is 0 Å². The maximum Gasteiger partial charge on any atom is 0.389 e. The van der Waals surface area contributed by atoms with Crippen LogP contribution in [0.2, 0.25) is 0 Å². The number of carboxylic acids is 1. The van der Waals surface area contributed by atoms with Gasteiger partial charge in [-0.05, 0) is 31.2 Å². The fourth-order valence-corrected chi connectivity index (χ4v) is 5.23. The van der Waals surface area contributed by atoms with Crippen LogP contribution in [0.4, 0.5) is 27.6 Å². The molecular formula is C28H28F5N3O4. The van der Waals surface area contributed by atoms with Gasteiger partial charge in [0.1, 0.15) is 0 Å². The largest absolute Gasteiger partial charge is 0.481 e. The van der Waals surface area contributed by atoms with Crippen LogP contribution in [0.15, 0.2) is 53.5 Å². The summed E-state index contributed by atoms with van der Waals surface area (Å²) < 4.78 is 66.1. The summed E-state index contributed by atoms with van der Waals surface area (Å²) in [6.07, 6.45) is -10.2. The molecule has 2 aromatic rings. The molecule has 12 heteroatoms. The van der Waals surface area contributed by atoms with Crippen LogP contribution in [-0.2, 0) is 14.4 Å². The number of halogens is 5. The van der Waals surface area contributed by atoms with Crippen molar-refractivity contribution in [3.05, 3.63) is 65.2 Å². The predicted molar refractivity (Wildman–Crippen MR) is 136 cm³/mol. The number of rotatable bonds is 9. The van der Waals surface area contributed by atoms with Crippen molar-refractivity contribution >= 4 is 29.2 Å². The number of para-hydroxylation sites is 1. The lowest BCUT2D eigenvalue weighted by Crippen LogP contribution is -2.48. The molecule has 3 unspecified atom stereocenters. The molecule has 7 nitrogen and oxygen atoms in total. The van der Waals surface area contributed by atoms with Crippen molar-refractivity contribution in [1.82, 2.24) is 5.32 Å². The molecule has 1 aliphatic carbocycles. The third-order valence-electron chi connectivity index (χ3n) is 7.25. The molecule has 3 atom stereocenters. The maximum absolute atomic E-state index is 13.4. The molecule has 2 aliphatic rings. The Morgan fingerprint density at radius 3 is 2.38 bits per heavy atom. The van der Waals surface area contributed by atoms with Gasteiger partial charge >= 0.3 is 12.1 Å². The van der Waals surface area contributed by atoms with Crippen LogP contribution in [0.1, 0.15) is 48.8 Å². The summed E-state index contributed by atoms with van der Waals surface area (Å²) in [5, 5.41) is 14.9. The summed E-state index contributed by atoms with van der Waals surface area (Å²) in [5.74, 6) is -10.6. The number of nitrogens with zero attached hydrogens (tertiary/aromatic N) is 1. The van der Waals surface area contributed by atoms with Crippen LogP contribution < -0.4 is 10.6 Å². The Hall–Kier alpha value is -3.83. The van der Waals surface area contributed by atoms with Crippen LogP contribution in [0.3, 0.4) is 0 Å². The molecule has 1 saturated carbocycles. The third-order valence-corrected chi connectivity index (χ3v) is 7.25. The molecule has 3 N–H and O–H groups in total. The molecule has 1 fully saturated rings. The average molecular weight is 566 g/mol. The van der Waals surface area contributed by atoms with Crippen molar-refractivity contribution in [2.45, 2.75) is 57.3 Å². The Bertz CT molecular complexity index is 1300. The van der Waals surface area contributed by atoms with E-state index in [-0.39, 0.29) is 6.42 Å². The fraction of sp³-hybridized carbons (Fsp3) is 0.429. The minimum atomic E-state index is -4.69. The van der Waals surface area contributed by atoms with Crippen LogP contribution in [0.25, 0.3) is 0 Å². The summed E-state index contributed by atoms with van der Waals surface area (Å²) in [5.41, 5.74) is 2.64. The Labute approximate surface area is 226 Å². The molecule has 0 saturated heterocycles. The molecule has 40 heavy (non-hydrogen) atoms. The highest BCUT2D eigenvalue weighted by Gasteiger charge is 2.48. The maximum atomic E-state index is 13.4. The number of fused-ring (bicyclic) bond motifs is 1. The summed E-state index contributed by atoms with van der Waals surface area (Å²) in [6, 6.07) is 14.0. The number of benzene rings is 2. The molecule has 4 rings (SSSR count). The normalized spacial score (nSPS) is 20.2. The van der Waals surface area contributed by atoms with Gasteiger partial charge in [-0.1, -0.05) is 48.5 Å². The second-order valence-electron chi connectivity index (χ2n) is 10.3. The number of hydrogen-bond donors (Lipinski definition) is 3. The zero-order valence-corrected chi connectivity index (χ0v) is 21.5. The summed E-state index contributed by atoms with van der Waals surface area (Å²) in [6.45, 7) is 1.76. The zero-order valence-electron chi connectivity index (χ0n) is 21.5. The van der Waals surface area contributed by atoms with Gasteiger partial charge in [0, 0.05) is 30.4 Å². The number of amides is 2. The number of carbonyl (C=O) groups is 3. The lowest BCUT2D eigenvalue weighted by molar-refractivity contribution is -0.158. The van der Waals surface area contributed by atoms with Gasteiger partial charge in [-0.2, -0.15) is 13.2 Å². The van der Waals surface area contributed by atoms with Crippen molar-refractivity contribution in [3.63, 3.8) is 0 Å². The second kappa shape index (κ2) is 11.3. The monoisotopic (exact) mass is 565 g/mol. The highest BCUT2D eigenvalue weighted by molar-refractivity contribution is 6.20. The number of aryl methyl sites for hydroxylation is 1. The van der Waals surface area contributed by atoms with E-state index in [2.05, 4.69) is 15.6 Å². The minimum absolute atomic E-state index is 0.335. The summed E-state index contributed by atoms with van der Waals surface area (Å²) >= 11 is 0. The average Bonchev–Trinajstić information content (AvgIpc) is 2.99. The molecule has 0 aromatic heterocycles. The zero-order chi connectivity index (χ0) is 29.2. The number of benzodiazepines with no additional fused rings is 1. The summed E-state index contributed by atoms with van der Waals surface area (Å²) in [4.78, 5) is 43.1. The predicted octanol–water partition coefficient (Wildman–Crippen LogP) is 5.32. The first-order chi connectivity index (χ1) is 18.7. The number of carbonyl (C=O) groups excluding carboxylic acids is 2. The van der Waals surface area contributed by atoms with Crippen molar-refractivity contribution < 1.29 is 41.4 Å². The first kappa shape index (κ1) is 29.2. The lowest BCUT2D eigenvalue weighted by Gasteiger charge is -2.37. The van der Waals surface area contributed by atoms with E-state index < -0.39 is 79.5 Å². The van der Waals surface area contributed by atoms with Crippen LogP contribution in [0.5, 0.6) is 0 Å². The number of nitrogens with one attached hydrogen (secondary N) is 2. The van der Waals surface area contributed by atoms with Gasteiger partial charge in [0.2, 0.25) is 18.0 Å². The topological polar surface area (TPSA) is 108 Å². The Morgan fingerprint density at radius 2 is 1.77 bits per heavy atom. The van der Waals surface area contributed by atoms with Crippen LogP contribution >= 0.6 is 0 Å². The third kappa shape index (κ3) is 6.83. The second-order valence-corrected chi connectivity index (χ2v) is 10.3. The molecule has 2 amide bonds. The van der Waals surface area contributed by atoms with Gasteiger partial charge in [-0.3, -0.25) is 14.4 Å². The smallest absolute Gasteiger partial charge is 0.389 e. The SMILES string of the molecule is Cc1cccc2c1NC(=O)C(NC(=O)C(CCC(F)(F)F)C(CC1CC(F)(F)C1)C(=O)O)N=C2c1ccccc1. The number of hydrogen-bond acceptors (Lipinski definition) is 4. The van der Waals surface area contributed by atoms with E-state index in [0.29, 0.717) is 28.1 Å². The Balaban J connectivity index is 1.66. The number of aliphatic carboxylic acids is 1. The van der Waals surface area contributed by atoms with E-state index in [9.17, 15) is 41.4 Å². The minimum Gasteiger partial charge on any atom is -0.481 e. The molecular weight excluding hydrogens is 537 g/mol. The Kier molecular flexibility index (Phi) is 8.27. The van der Waals surface area contributed by atoms with Gasteiger partial charge < -0.3 is 15.7 Å². The van der Waals surface area contributed by atoms with Gasteiger partial charge in [0.15, 0.2) is 0 Å². The highest BCUT2D eigenvalue weighted by atomic mass is 19.4. The number of aliphatic imine (C=N–C) groups is 1. The van der Waals surface area contributed by atoms with Gasteiger partial charge in [0.05, 0.1) is 23.2 Å². The van der Waals surface area contributed by atoms with Crippen molar-refractivity contribution in [1.29, 1.82) is 0 Å². The summed E-state index contributed by atoms with van der Waals surface area (Å²) in [7, 11) is 0. The quantitative estimate of drug-likeness (QED) is 0.358. The van der Waals surface area contributed by atoms with E-state index in [4.69, 9.17) is 0 Å². The molecule has 0 radical (unpaired) electrons. The number of anilines is 1. The number of carboxylic acid groups (broad SMARTS) is 1. The van der Waals surface area contributed by atoms with Crippen LogP contribution in [-0.4, -0.2) is 46.9 Å². The van der Waals surface area contributed by atoms with E-state index in [1.165, 1.54) is 0 Å². The molecule has 2 aromatic carbocycles. The molecule has 1 heterocycles. The van der Waals surface area contributed by atoms with Crippen molar-refractivity contribution in [3.8, 4) is 0 Å². The van der Waals surface area contributed by atoms with Gasteiger partial charge in [-0.25, -0.2) is 13.8 Å². The lowest BCUT2D eigenvalue weighted by atomic mass is 9.72. The first-order valence-corrected chi connectivity index (χ1v) is 12.8. The molecule has 214 valence electrons. The molecule has 1 aliphatic heterocycles. The molecule has 0 bridgehead atoms. The van der Waals surface area contributed by atoms with E-state index in [0.717, 1.165) is 0 Å². The fourth-order valence-electron chi connectivity index (χ4n) is 5.23. The molecule has 0 spiro atoms. The first-order valence-electron chi connectivity index (χ1n) is 12.8. The van der Waals surface area contributed by atoms with E-state index >= 15 is 0 Å². The highest BCUT2D eigenvalue weighted by Crippen LogP contribution is 2.46. The van der Waals surface area contributed by atoms with Crippen molar-refractivity contribution in [2.75, 3.05) is 5.32 Å². The van der Waals surface area contributed by atoms with E-state index in [1.54, 1.807) is 55.5 Å². The Morgan fingerprint density at radius 1 is 1.10 bits per heavy atom.